The van der Waals surface area contributed by atoms with Crippen LogP contribution in [0.2, 0.25) is 0 Å². The van der Waals surface area contributed by atoms with E-state index in [9.17, 15) is 0 Å². The third-order valence-corrected chi connectivity index (χ3v) is 3.38. The summed E-state index contributed by atoms with van der Waals surface area (Å²) in [5.74, 6) is 0. The minimum atomic E-state index is 0.0274. The molecule has 112 valence electrons. The summed E-state index contributed by atoms with van der Waals surface area (Å²) in [6.07, 6.45) is 6.28. The number of nitrogens with one attached hydrogen (secondary N) is 1. The summed E-state index contributed by atoms with van der Waals surface area (Å²) in [4.78, 5) is 0. The van der Waals surface area contributed by atoms with E-state index in [4.69, 9.17) is 18.9 Å². The van der Waals surface area contributed by atoms with E-state index in [1.807, 2.05) is 0 Å². The molecule has 0 atom stereocenters. The second-order valence-electron chi connectivity index (χ2n) is 5.08. The van der Waals surface area contributed by atoms with Gasteiger partial charge in [0.1, 0.15) is 0 Å². The largest absolute Gasteiger partial charge is 0.353 e. The van der Waals surface area contributed by atoms with Crippen LogP contribution in [-0.4, -0.2) is 52.1 Å². The fraction of sp³-hybridized carbons (Fsp3) is 1.00. The molecule has 2 fully saturated rings. The summed E-state index contributed by atoms with van der Waals surface area (Å²) in [5.41, 5.74) is 0. The lowest BCUT2D eigenvalue weighted by atomic mass is 10.2. The molecule has 0 saturated carbocycles. The average molecular weight is 273 g/mol. The fourth-order valence-corrected chi connectivity index (χ4v) is 2.32. The van der Waals surface area contributed by atoms with Crippen molar-refractivity contribution >= 4 is 0 Å². The zero-order valence-electron chi connectivity index (χ0n) is 11.8. The lowest BCUT2D eigenvalue weighted by Gasteiger charge is -2.23. The summed E-state index contributed by atoms with van der Waals surface area (Å²) in [5, 5.41) is 3.44. The van der Waals surface area contributed by atoms with E-state index in [1.54, 1.807) is 0 Å². The van der Waals surface area contributed by atoms with E-state index < -0.39 is 0 Å². The summed E-state index contributed by atoms with van der Waals surface area (Å²) in [6.45, 7) is 5.43. The minimum Gasteiger partial charge on any atom is -0.353 e. The highest BCUT2D eigenvalue weighted by Gasteiger charge is 2.14. The molecule has 5 nitrogen and oxygen atoms in total. The number of hydrogen-bond acceptors (Lipinski definition) is 5. The van der Waals surface area contributed by atoms with Gasteiger partial charge in [0, 0.05) is 0 Å². The zero-order chi connectivity index (χ0) is 13.2. The van der Waals surface area contributed by atoms with E-state index in [0.717, 1.165) is 78.0 Å². The highest BCUT2D eigenvalue weighted by atomic mass is 16.7. The smallest absolute Gasteiger partial charge is 0.157 e. The molecule has 5 heteroatoms. The number of hydrogen-bond donors (Lipinski definition) is 1. The molecular weight excluding hydrogens is 246 g/mol. The molecule has 0 unspecified atom stereocenters. The van der Waals surface area contributed by atoms with Crippen molar-refractivity contribution in [3.05, 3.63) is 0 Å². The van der Waals surface area contributed by atoms with Crippen LogP contribution in [-0.2, 0) is 18.9 Å². The van der Waals surface area contributed by atoms with Crippen molar-refractivity contribution in [1.82, 2.24) is 5.32 Å². The Hall–Kier alpha value is -0.200. The van der Waals surface area contributed by atoms with Gasteiger partial charge in [-0.05, 0) is 51.6 Å². The first-order valence-electron chi connectivity index (χ1n) is 7.62. The van der Waals surface area contributed by atoms with Gasteiger partial charge in [-0.2, -0.15) is 0 Å². The quantitative estimate of drug-likeness (QED) is 0.682. The molecule has 1 N–H and O–H groups in total. The molecule has 0 amide bonds. The van der Waals surface area contributed by atoms with Gasteiger partial charge in [0.25, 0.3) is 0 Å². The van der Waals surface area contributed by atoms with Crippen LogP contribution in [0.1, 0.15) is 38.5 Å². The molecule has 2 saturated heterocycles. The zero-order valence-corrected chi connectivity index (χ0v) is 11.8. The summed E-state index contributed by atoms with van der Waals surface area (Å²) < 4.78 is 22.0. The SMILES string of the molecule is C1COC(CCCNCCCC2OCCCO2)OC1. The van der Waals surface area contributed by atoms with Crippen LogP contribution in [0.3, 0.4) is 0 Å². The Bertz CT molecular complexity index is 193. The molecule has 2 aliphatic heterocycles. The van der Waals surface area contributed by atoms with Crippen LogP contribution in [0.25, 0.3) is 0 Å². The maximum absolute atomic E-state index is 5.50. The Morgan fingerprint density at radius 1 is 0.684 bits per heavy atom. The van der Waals surface area contributed by atoms with Gasteiger partial charge < -0.3 is 24.3 Å². The van der Waals surface area contributed by atoms with Crippen LogP contribution in [0.5, 0.6) is 0 Å². The van der Waals surface area contributed by atoms with E-state index in [0.29, 0.717) is 0 Å². The third-order valence-electron chi connectivity index (χ3n) is 3.38. The normalized spacial score (nSPS) is 22.7. The van der Waals surface area contributed by atoms with E-state index in [-0.39, 0.29) is 12.6 Å². The molecule has 2 rings (SSSR count). The summed E-state index contributed by atoms with van der Waals surface area (Å²) in [7, 11) is 0. The van der Waals surface area contributed by atoms with Crippen LogP contribution in [0.15, 0.2) is 0 Å². The average Bonchev–Trinajstić information content (AvgIpc) is 2.48. The highest BCUT2D eigenvalue weighted by Crippen LogP contribution is 2.11. The van der Waals surface area contributed by atoms with Crippen molar-refractivity contribution in [2.75, 3.05) is 39.5 Å². The molecule has 2 heterocycles. The number of ether oxygens (including phenoxy) is 4. The molecule has 0 aromatic rings. The van der Waals surface area contributed by atoms with Crippen molar-refractivity contribution in [1.29, 1.82) is 0 Å². The van der Waals surface area contributed by atoms with Crippen LogP contribution >= 0.6 is 0 Å². The van der Waals surface area contributed by atoms with Gasteiger partial charge in [-0.1, -0.05) is 0 Å². The fourth-order valence-electron chi connectivity index (χ4n) is 2.32. The van der Waals surface area contributed by atoms with Gasteiger partial charge in [0.15, 0.2) is 12.6 Å². The van der Waals surface area contributed by atoms with Gasteiger partial charge >= 0.3 is 0 Å². The van der Waals surface area contributed by atoms with Crippen molar-refractivity contribution < 1.29 is 18.9 Å². The Morgan fingerprint density at radius 3 is 1.53 bits per heavy atom. The van der Waals surface area contributed by atoms with Gasteiger partial charge in [0.2, 0.25) is 0 Å². The second kappa shape index (κ2) is 9.66. The van der Waals surface area contributed by atoms with E-state index >= 15 is 0 Å². The lowest BCUT2D eigenvalue weighted by Crippen LogP contribution is -2.27. The molecule has 0 radical (unpaired) electrons. The summed E-state index contributed by atoms with van der Waals surface area (Å²) in [6, 6.07) is 0. The van der Waals surface area contributed by atoms with Crippen molar-refractivity contribution in [3.63, 3.8) is 0 Å². The predicted molar refractivity (Wildman–Crippen MR) is 72.0 cm³/mol. The first-order valence-corrected chi connectivity index (χ1v) is 7.62. The van der Waals surface area contributed by atoms with Crippen molar-refractivity contribution in [3.8, 4) is 0 Å². The lowest BCUT2D eigenvalue weighted by molar-refractivity contribution is -0.181. The summed E-state index contributed by atoms with van der Waals surface area (Å²) >= 11 is 0. The molecular formula is C14H27NO4. The van der Waals surface area contributed by atoms with Gasteiger partial charge in [0.05, 0.1) is 26.4 Å². The second-order valence-corrected chi connectivity index (χ2v) is 5.08. The van der Waals surface area contributed by atoms with Gasteiger partial charge in [-0.15, -0.1) is 0 Å². The standard InChI is InChI=1S/C14H27NO4/c1(5-13-16-9-3-10-17-13)7-15-8-2-6-14-18-11-4-12-19-14/h13-15H,1-12H2. The highest BCUT2D eigenvalue weighted by molar-refractivity contribution is 4.57. The van der Waals surface area contributed by atoms with Crippen molar-refractivity contribution in [2.45, 2.75) is 51.1 Å². The Balaban J connectivity index is 1.35. The third kappa shape index (κ3) is 6.68. The molecule has 19 heavy (non-hydrogen) atoms. The number of rotatable bonds is 8. The van der Waals surface area contributed by atoms with Crippen LogP contribution in [0, 0.1) is 0 Å². The van der Waals surface area contributed by atoms with E-state index in [2.05, 4.69) is 5.32 Å². The molecule has 0 aliphatic carbocycles. The van der Waals surface area contributed by atoms with Crippen LogP contribution < -0.4 is 5.32 Å². The molecule has 0 spiro atoms. The maximum atomic E-state index is 5.50. The predicted octanol–water partition coefficient (Wildman–Crippen LogP) is 1.66. The Labute approximate surface area is 115 Å². The molecule has 2 aliphatic rings. The van der Waals surface area contributed by atoms with E-state index in [1.165, 1.54) is 0 Å². The first-order chi connectivity index (χ1) is 9.45. The van der Waals surface area contributed by atoms with Gasteiger partial charge in [-0.25, -0.2) is 0 Å². The van der Waals surface area contributed by atoms with Crippen molar-refractivity contribution in [2.24, 2.45) is 0 Å². The molecule has 0 bridgehead atoms. The first kappa shape index (κ1) is 15.2. The monoisotopic (exact) mass is 273 g/mol. The Morgan fingerprint density at radius 2 is 1.11 bits per heavy atom. The Kier molecular flexibility index (Phi) is 7.73. The minimum absolute atomic E-state index is 0.0274. The van der Waals surface area contributed by atoms with Gasteiger partial charge in [-0.3, -0.25) is 0 Å². The van der Waals surface area contributed by atoms with Crippen LogP contribution in [0.4, 0.5) is 0 Å². The topological polar surface area (TPSA) is 49.0 Å². The maximum Gasteiger partial charge on any atom is 0.157 e. The molecule has 0 aromatic carbocycles. The molecule has 0 aromatic heterocycles.